The number of carbonyl (C=O) groups is 1. The Morgan fingerprint density at radius 3 is 2.93 bits per heavy atom. The minimum atomic E-state index is -0.372. The summed E-state index contributed by atoms with van der Waals surface area (Å²) in [6.45, 7) is 3.19. The summed E-state index contributed by atoms with van der Waals surface area (Å²) in [4.78, 5) is 25.4. The molecule has 0 aliphatic heterocycles. The third-order valence-electron chi connectivity index (χ3n) is 5.11. The van der Waals surface area contributed by atoms with Gasteiger partial charge in [0.1, 0.15) is 11.9 Å². The van der Waals surface area contributed by atoms with E-state index in [9.17, 15) is 9.59 Å². The fraction of sp³-hybridized carbons (Fsp3) is 0.579. The van der Waals surface area contributed by atoms with E-state index in [1.54, 1.807) is 31.1 Å². The van der Waals surface area contributed by atoms with Gasteiger partial charge in [0.15, 0.2) is 5.82 Å². The lowest BCUT2D eigenvalue weighted by molar-refractivity contribution is 0.0935. The maximum atomic E-state index is 12.8. The largest absolute Gasteiger partial charge is 0.385 e. The molecule has 0 spiro atoms. The molecule has 8 heteroatoms. The van der Waals surface area contributed by atoms with Crippen LogP contribution in [0.15, 0.2) is 17.2 Å². The summed E-state index contributed by atoms with van der Waals surface area (Å²) in [5.41, 5.74) is 2.09. The number of ether oxygens (including phenoxy) is 1. The summed E-state index contributed by atoms with van der Waals surface area (Å²) < 4.78 is 8.60. The quantitative estimate of drug-likeness (QED) is 0.741. The SMILES string of the molecule is COCCCn1cnnc1C(C)NC(=O)c1cc2c(n(C)c1=O)CCCC2. The Morgan fingerprint density at radius 2 is 2.15 bits per heavy atom. The van der Waals surface area contributed by atoms with Crippen molar-refractivity contribution in [2.45, 2.75) is 51.6 Å². The highest BCUT2D eigenvalue weighted by Crippen LogP contribution is 2.20. The first kappa shape index (κ1) is 19.3. The lowest BCUT2D eigenvalue weighted by atomic mass is 9.94. The number of hydrogen-bond donors (Lipinski definition) is 1. The van der Waals surface area contributed by atoms with Gasteiger partial charge in [-0.2, -0.15) is 0 Å². The van der Waals surface area contributed by atoms with Crippen LogP contribution < -0.4 is 10.9 Å². The van der Waals surface area contributed by atoms with E-state index < -0.39 is 0 Å². The van der Waals surface area contributed by atoms with Crippen molar-refractivity contribution < 1.29 is 9.53 Å². The topological polar surface area (TPSA) is 91.0 Å². The Balaban J connectivity index is 1.77. The van der Waals surface area contributed by atoms with Gasteiger partial charge in [0.25, 0.3) is 11.5 Å². The maximum absolute atomic E-state index is 12.8. The minimum Gasteiger partial charge on any atom is -0.385 e. The summed E-state index contributed by atoms with van der Waals surface area (Å²) >= 11 is 0. The third-order valence-corrected chi connectivity index (χ3v) is 5.11. The van der Waals surface area contributed by atoms with Crippen LogP contribution in [0.1, 0.15) is 59.7 Å². The van der Waals surface area contributed by atoms with Gasteiger partial charge in [-0.15, -0.1) is 10.2 Å². The lowest BCUT2D eigenvalue weighted by Crippen LogP contribution is -2.36. The number of methoxy groups -OCH3 is 1. The van der Waals surface area contributed by atoms with Crippen LogP contribution in [0, 0.1) is 0 Å². The Kier molecular flexibility index (Phi) is 6.05. The molecule has 3 rings (SSSR count). The smallest absolute Gasteiger partial charge is 0.263 e. The van der Waals surface area contributed by atoms with E-state index >= 15 is 0 Å². The van der Waals surface area contributed by atoms with Gasteiger partial charge >= 0.3 is 0 Å². The summed E-state index contributed by atoms with van der Waals surface area (Å²) in [6, 6.07) is 1.41. The number of rotatable bonds is 7. The standard InChI is InChI=1S/C19H27N5O3/c1-13(17-22-20-12-24(17)9-6-10-27-3)21-18(25)15-11-14-7-4-5-8-16(14)23(2)19(15)26/h11-13H,4-10H2,1-3H3,(H,21,25). The predicted molar refractivity (Wildman–Crippen MR) is 101 cm³/mol. The van der Waals surface area contributed by atoms with E-state index in [1.165, 1.54) is 0 Å². The Labute approximate surface area is 158 Å². The van der Waals surface area contributed by atoms with E-state index in [1.807, 2.05) is 11.5 Å². The first-order valence-corrected chi connectivity index (χ1v) is 9.42. The fourth-order valence-electron chi connectivity index (χ4n) is 3.64. The number of aryl methyl sites for hydroxylation is 2. The number of carbonyl (C=O) groups excluding carboxylic acids is 1. The van der Waals surface area contributed by atoms with Crippen LogP contribution in [0.5, 0.6) is 0 Å². The highest BCUT2D eigenvalue weighted by atomic mass is 16.5. The van der Waals surface area contributed by atoms with Crippen LogP contribution in [0.3, 0.4) is 0 Å². The van der Waals surface area contributed by atoms with Crippen molar-refractivity contribution >= 4 is 5.91 Å². The van der Waals surface area contributed by atoms with Gasteiger partial charge < -0.3 is 19.2 Å². The molecule has 0 radical (unpaired) electrons. The zero-order chi connectivity index (χ0) is 19.4. The minimum absolute atomic E-state index is 0.190. The van der Waals surface area contributed by atoms with Crippen molar-refractivity contribution in [3.8, 4) is 0 Å². The van der Waals surface area contributed by atoms with Gasteiger partial charge in [-0.25, -0.2) is 0 Å². The summed E-state index contributed by atoms with van der Waals surface area (Å²) in [5.74, 6) is 0.289. The first-order chi connectivity index (χ1) is 13.0. The zero-order valence-electron chi connectivity index (χ0n) is 16.2. The van der Waals surface area contributed by atoms with Crippen molar-refractivity contribution in [2.24, 2.45) is 7.05 Å². The molecular weight excluding hydrogens is 346 g/mol. The molecule has 0 aromatic carbocycles. The van der Waals surface area contributed by atoms with Crippen LogP contribution in [-0.2, 0) is 31.2 Å². The number of amides is 1. The number of hydrogen-bond acceptors (Lipinski definition) is 5. The second-order valence-electron chi connectivity index (χ2n) is 7.03. The highest BCUT2D eigenvalue weighted by molar-refractivity contribution is 5.94. The van der Waals surface area contributed by atoms with Crippen molar-refractivity contribution in [1.82, 2.24) is 24.6 Å². The molecule has 1 atom stereocenters. The molecule has 1 aliphatic rings. The highest BCUT2D eigenvalue weighted by Gasteiger charge is 2.22. The normalized spacial score (nSPS) is 14.6. The van der Waals surface area contributed by atoms with E-state index in [0.29, 0.717) is 19.0 Å². The van der Waals surface area contributed by atoms with Gasteiger partial charge in [0.05, 0.1) is 6.04 Å². The number of aromatic nitrogens is 4. The lowest BCUT2D eigenvalue weighted by Gasteiger charge is -2.20. The molecule has 1 aliphatic carbocycles. The molecule has 146 valence electrons. The monoisotopic (exact) mass is 373 g/mol. The first-order valence-electron chi connectivity index (χ1n) is 9.42. The summed E-state index contributed by atoms with van der Waals surface area (Å²) in [5, 5.41) is 11.0. The molecule has 8 nitrogen and oxygen atoms in total. The number of nitrogens with zero attached hydrogens (tertiary/aromatic N) is 4. The zero-order valence-corrected chi connectivity index (χ0v) is 16.2. The van der Waals surface area contributed by atoms with Crippen LogP contribution >= 0.6 is 0 Å². The Bertz CT molecular complexity index is 871. The molecule has 2 aromatic heterocycles. The third kappa shape index (κ3) is 4.10. The van der Waals surface area contributed by atoms with Gasteiger partial charge in [0, 0.05) is 33.0 Å². The summed E-state index contributed by atoms with van der Waals surface area (Å²) in [7, 11) is 3.41. The number of nitrogens with one attached hydrogen (secondary N) is 1. The van der Waals surface area contributed by atoms with E-state index in [4.69, 9.17) is 4.74 Å². The molecule has 2 aromatic rings. The van der Waals surface area contributed by atoms with Crippen molar-refractivity contribution in [2.75, 3.05) is 13.7 Å². The average Bonchev–Trinajstić information content (AvgIpc) is 3.13. The van der Waals surface area contributed by atoms with Gasteiger partial charge in [0.2, 0.25) is 0 Å². The molecule has 0 fully saturated rings. The van der Waals surface area contributed by atoms with Crippen LogP contribution in [0.4, 0.5) is 0 Å². The Hall–Kier alpha value is -2.48. The van der Waals surface area contributed by atoms with Crippen molar-refractivity contribution in [3.05, 3.63) is 45.4 Å². The van der Waals surface area contributed by atoms with Crippen LogP contribution in [-0.4, -0.2) is 39.0 Å². The van der Waals surface area contributed by atoms with Crippen molar-refractivity contribution in [1.29, 1.82) is 0 Å². The second kappa shape index (κ2) is 8.47. The second-order valence-corrected chi connectivity index (χ2v) is 7.03. The molecule has 1 unspecified atom stereocenters. The predicted octanol–water partition coefficient (Wildman–Crippen LogP) is 1.38. The molecule has 1 N–H and O–H groups in total. The van der Waals surface area contributed by atoms with Crippen LogP contribution in [0.2, 0.25) is 0 Å². The molecule has 1 amide bonds. The number of fused-ring (bicyclic) bond motifs is 1. The summed E-state index contributed by atoms with van der Waals surface area (Å²) in [6.07, 6.45) is 6.45. The van der Waals surface area contributed by atoms with Gasteiger partial charge in [-0.3, -0.25) is 9.59 Å². The molecule has 0 bridgehead atoms. The molecule has 2 heterocycles. The van der Waals surface area contributed by atoms with E-state index in [0.717, 1.165) is 43.4 Å². The molecular formula is C19H27N5O3. The van der Waals surface area contributed by atoms with Gasteiger partial charge in [-0.1, -0.05) is 0 Å². The fourth-order valence-corrected chi connectivity index (χ4v) is 3.64. The molecule has 0 saturated carbocycles. The van der Waals surface area contributed by atoms with Crippen molar-refractivity contribution in [3.63, 3.8) is 0 Å². The van der Waals surface area contributed by atoms with Gasteiger partial charge in [-0.05, 0) is 50.7 Å². The Morgan fingerprint density at radius 1 is 1.37 bits per heavy atom. The number of pyridine rings is 1. The molecule has 27 heavy (non-hydrogen) atoms. The van der Waals surface area contributed by atoms with E-state index in [-0.39, 0.29) is 23.1 Å². The maximum Gasteiger partial charge on any atom is 0.263 e. The average molecular weight is 373 g/mol. The molecule has 0 saturated heterocycles. The van der Waals surface area contributed by atoms with E-state index in [2.05, 4.69) is 15.5 Å². The van der Waals surface area contributed by atoms with Crippen LogP contribution in [0.25, 0.3) is 0 Å².